The van der Waals surface area contributed by atoms with Gasteiger partial charge in [0.05, 0.1) is 11.4 Å². The summed E-state index contributed by atoms with van der Waals surface area (Å²) in [5.74, 6) is 0. The summed E-state index contributed by atoms with van der Waals surface area (Å²) in [6, 6.07) is 23.8. The minimum Gasteiger partial charge on any atom is -0.285 e. The summed E-state index contributed by atoms with van der Waals surface area (Å²) in [5, 5.41) is 2.37. The standard InChI is InChI=1S/C29H26N2.C2H6.H2S2/c1-5-31-27-18-20-11-7-6-10-19(20)16-24(27)28(30-4)21-14-15-26-23(17-21)22-12-8-9-13-25(22)29(26,2)3;2*1-2/h6-18H,4-5H2,1-3H3;1-2H3;1-2H/b28-24-,31-27?;;. The molecule has 2 aliphatic carbocycles. The Hall–Kier alpha value is -2.82. The van der Waals surface area contributed by atoms with Gasteiger partial charge in [-0.15, -0.1) is 23.3 Å². The van der Waals surface area contributed by atoms with Crippen LogP contribution in [0.2, 0.25) is 0 Å². The molecule has 0 unspecified atom stereocenters. The van der Waals surface area contributed by atoms with Crippen molar-refractivity contribution < 1.29 is 0 Å². The van der Waals surface area contributed by atoms with E-state index in [-0.39, 0.29) is 5.41 Å². The number of thiol groups is 2. The molecule has 4 heteroatoms. The second kappa shape index (κ2) is 11.7. The van der Waals surface area contributed by atoms with E-state index >= 15 is 0 Å². The first-order chi connectivity index (χ1) is 17.0. The van der Waals surface area contributed by atoms with Gasteiger partial charge in [0.1, 0.15) is 0 Å². The summed E-state index contributed by atoms with van der Waals surface area (Å²) in [4.78, 5) is 9.28. The molecule has 0 aromatic heterocycles. The highest BCUT2D eigenvalue weighted by Gasteiger charge is 2.35. The summed E-state index contributed by atoms with van der Waals surface area (Å²) in [7, 11) is 0. The zero-order valence-electron chi connectivity index (χ0n) is 21.2. The van der Waals surface area contributed by atoms with E-state index in [1.807, 2.05) is 13.8 Å². The maximum atomic E-state index is 4.77. The molecular formula is C31H34N2S2. The Labute approximate surface area is 220 Å². The Morgan fingerprint density at radius 1 is 0.829 bits per heavy atom. The van der Waals surface area contributed by atoms with Crippen molar-refractivity contribution in [3.8, 4) is 11.1 Å². The van der Waals surface area contributed by atoms with Crippen LogP contribution < -0.4 is 10.4 Å². The van der Waals surface area contributed by atoms with Crippen LogP contribution in [0.3, 0.4) is 0 Å². The van der Waals surface area contributed by atoms with Gasteiger partial charge in [0, 0.05) is 23.1 Å². The number of hydrogen-bond donors (Lipinski definition) is 2. The van der Waals surface area contributed by atoms with E-state index in [1.165, 1.54) is 32.7 Å². The lowest BCUT2D eigenvalue weighted by molar-refractivity contribution is 0.660. The molecule has 0 saturated carbocycles. The van der Waals surface area contributed by atoms with Gasteiger partial charge in [-0.05, 0) is 64.6 Å². The van der Waals surface area contributed by atoms with Crippen LogP contribution in [0, 0.1) is 0 Å². The predicted octanol–water partition coefficient (Wildman–Crippen LogP) is 6.93. The summed E-state index contributed by atoms with van der Waals surface area (Å²) >= 11 is 6.44. The predicted molar refractivity (Wildman–Crippen MR) is 162 cm³/mol. The smallest absolute Gasteiger partial charge is 0.0788 e. The quantitative estimate of drug-likeness (QED) is 0.222. The fourth-order valence-corrected chi connectivity index (χ4v) is 4.92. The zero-order chi connectivity index (χ0) is 25.6. The summed E-state index contributed by atoms with van der Waals surface area (Å²) < 4.78 is 0. The SMILES string of the molecule is C=N/C(=C1/C=c2ccccc2=CC1=NCC)c1ccc2c(c1)-c1ccccc1C2(C)C.CC.SS. The van der Waals surface area contributed by atoms with E-state index in [0.29, 0.717) is 0 Å². The molecule has 0 atom stereocenters. The Morgan fingerprint density at radius 2 is 1.43 bits per heavy atom. The third-order valence-corrected chi connectivity index (χ3v) is 6.46. The van der Waals surface area contributed by atoms with Crippen molar-refractivity contribution >= 4 is 53.6 Å². The molecule has 5 rings (SSSR count). The van der Waals surface area contributed by atoms with E-state index in [4.69, 9.17) is 4.99 Å². The monoisotopic (exact) mass is 498 g/mol. The van der Waals surface area contributed by atoms with E-state index in [2.05, 4.69) is 135 Å². The van der Waals surface area contributed by atoms with Crippen LogP contribution in [0.15, 0.2) is 82.3 Å². The first-order valence-electron chi connectivity index (χ1n) is 12.0. The highest BCUT2D eigenvalue weighted by molar-refractivity contribution is 8.59. The van der Waals surface area contributed by atoms with Gasteiger partial charge >= 0.3 is 0 Å². The van der Waals surface area contributed by atoms with E-state index in [0.717, 1.165) is 29.1 Å². The van der Waals surface area contributed by atoms with Crippen molar-refractivity contribution in [1.82, 2.24) is 0 Å². The summed E-state index contributed by atoms with van der Waals surface area (Å²) in [6.45, 7) is 15.3. The maximum Gasteiger partial charge on any atom is 0.0788 e. The van der Waals surface area contributed by atoms with E-state index in [1.54, 1.807) is 0 Å². The summed E-state index contributed by atoms with van der Waals surface area (Å²) in [6.07, 6.45) is 4.35. The van der Waals surface area contributed by atoms with Crippen molar-refractivity contribution in [2.45, 2.75) is 40.0 Å². The molecule has 2 nitrogen and oxygen atoms in total. The number of fused-ring (bicyclic) bond motifs is 4. The van der Waals surface area contributed by atoms with Gasteiger partial charge in [-0.3, -0.25) is 9.98 Å². The molecule has 35 heavy (non-hydrogen) atoms. The minimum absolute atomic E-state index is 0.00210. The molecular weight excluding hydrogens is 464 g/mol. The lowest BCUT2D eigenvalue weighted by atomic mass is 9.82. The van der Waals surface area contributed by atoms with Gasteiger partial charge in [0.15, 0.2) is 0 Å². The molecule has 0 saturated heterocycles. The highest BCUT2D eigenvalue weighted by atomic mass is 33.1. The number of allylic oxidation sites excluding steroid dienone is 1. The topological polar surface area (TPSA) is 24.7 Å². The molecule has 0 amide bonds. The van der Waals surface area contributed by atoms with Gasteiger partial charge < -0.3 is 0 Å². The molecule has 0 aliphatic heterocycles. The minimum atomic E-state index is -0.00210. The zero-order valence-corrected chi connectivity index (χ0v) is 23.0. The lowest BCUT2D eigenvalue weighted by Gasteiger charge is -2.21. The third kappa shape index (κ3) is 4.96. The van der Waals surface area contributed by atoms with Crippen molar-refractivity contribution in [2.75, 3.05) is 6.54 Å². The number of benzene rings is 3. The van der Waals surface area contributed by atoms with Gasteiger partial charge in [-0.1, -0.05) is 88.4 Å². The lowest BCUT2D eigenvalue weighted by Crippen LogP contribution is -2.30. The van der Waals surface area contributed by atoms with Crippen LogP contribution in [0.5, 0.6) is 0 Å². The van der Waals surface area contributed by atoms with Crippen LogP contribution in [-0.4, -0.2) is 19.0 Å². The molecule has 180 valence electrons. The Kier molecular flexibility index (Phi) is 8.98. The molecule has 0 heterocycles. The van der Waals surface area contributed by atoms with Crippen LogP contribution in [0.1, 0.15) is 51.3 Å². The van der Waals surface area contributed by atoms with Gasteiger partial charge in [-0.2, -0.15) is 0 Å². The molecule has 2 aliphatic rings. The van der Waals surface area contributed by atoms with Crippen molar-refractivity contribution in [3.05, 3.63) is 99.4 Å². The second-order valence-electron chi connectivity index (χ2n) is 8.63. The first-order valence-corrected chi connectivity index (χ1v) is 13.6. The number of aliphatic imine (C=N–C) groups is 2. The fourth-order valence-electron chi connectivity index (χ4n) is 4.92. The average Bonchev–Trinajstić information content (AvgIpc) is 3.14. The molecule has 0 spiro atoms. The van der Waals surface area contributed by atoms with Gasteiger partial charge in [-0.25, -0.2) is 0 Å². The van der Waals surface area contributed by atoms with Crippen LogP contribution in [0.25, 0.3) is 29.0 Å². The maximum absolute atomic E-state index is 4.77. The highest BCUT2D eigenvalue weighted by Crippen LogP contribution is 2.49. The molecule has 3 aromatic carbocycles. The first kappa shape index (κ1) is 26.8. The van der Waals surface area contributed by atoms with E-state index < -0.39 is 0 Å². The molecule has 3 aromatic rings. The average molecular weight is 499 g/mol. The molecule has 0 N–H and O–H groups in total. The Balaban J connectivity index is 0.000000815. The normalized spacial score (nSPS) is 16.6. The van der Waals surface area contributed by atoms with E-state index in [9.17, 15) is 0 Å². The number of nitrogens with zero attached hydrogens (tertiary/aromatic N) is 2. The Morgan fingerprint density at radius 3 is 2.09 bits per heavy atom. The number of hydrogen-bond acceptors (Lipinski definition) is 4. The van der Waals surface area contributed by atoms with Gasteiger partial charge in [0.2, 0.25) is 0 Å². The fraction of sp³-hybridized carbons (Fsp3) is 0.226. The third-order valence-electron chi connectivity index (χ3n) is 6.46. The molecule has 0 radical (unpaired) electrons. The molecule has 0 fully saturated rings. The van der Waals surface area contributed by atoms with Crippen molar-refractivity contribution in [2.24, 2.45) is 9.98 Å². The van der Waals surface area contributed by atoms with Crippen molar-refractivity contribution in [1.29, 1.82) is 0 Å². The van der Waals surface area contributed by atoms with Crippen LogP contribution >= 0.6 is 23.3 Å². The van der Waals surface area contributed by atoms with Crippen LogP contribution in [0.4, 0.5) is 0 Å². The van der Waals surface area contributed by atoms with Crippen LogP contribution in [-0.2, 0) is 5.41 Å². The Bertz CT molecular complexity index is 1410. The molecule has 0 bridgehead atoms. The summed E-state index contributed by atoms with van der Waals surface area (Å²) in [5.41, 5.74) is 9.27. The largest absolute Gasteiger partial charge is 0.285 e. The second-order valence-corrected chi connectivity index (χ2v) is 8.63. The number of rotatable bonds is 3. The van der Waals surface area contributed by atoms with Gasteiger partial charge in [0.25, 0.3) is 0 Å². The van der Waals surface area contributed by atoms with Crippen molar-refractivity contribution in [3.63, 3.8) is 0 Å².